The highest BCUT2D eigenvalue weighted by molar-refractivity contribution is 5.63. The molecule has 1 aromatic heterocycles. The van der Waals surface area contributed by atoms with Gasteiger partial charge in [-0.25, -0.2) is 4.39 Å². The van der Waals surface area contributed by atoms with Crippen LogP contribution >= 0.6 is 0 Å². The molecule has 0 bridgehead atoms. The SMILES string of the molecule is CNC(C)c1cn[nH]c1-c1cccc(F)c1. The van der Waals surface area contributed by atoms with Crippen molar-refractivity contribution in [3.05, 3.63) is 41.8 Å². The largest absolute Gasteiger partial charge is 0.313 e. The minimum atomic E-state index is -0.241. The molecule has 0 spiro atoms. The number of benzene rings is 1. The Morgan fingerprint density at radius 2 is 2.25 bits per heavy atom. The first kappa shape index (κ1) is 10.8. The Labute approximate surface area is 93.7 Å². The molecule has 1 heterocycles. The molecule has 2 rings (SSSR count). The average molecular weight is 219 g/mol. The van der Waals surface area contributed by atoms with Crippen LogP contribution in [0.25, 0.3) is 11.3 Å². The molecule has 0 fully saturated rings. The van der Waals surface area contributed by atoms with E-state index in [-0.39, 0.29) is 11.9 Å². The second kappa shape index (κ2) is 4.45. The van der Waals surface area contributed by atoms with Crippen LogP contribution in [-0.4, -0.2) is 17.2 Å². The van der Waals surface area contributed by atoms with Crippen LogP contribution in [0.3, 0.4) is 0 Å². The summed E-state index contributed by atoms with van der Waals surface area (Å²) >= 11 is 0. The van der Waals surface area contributed by atoms with Gasteiger partial charge < -0.3 is 5.32 Å². The maximum absolute atomic E-state index is 13.1. The van der Waals surface area contributed by atoms with Gasteiger partial charge in [-0.1, -0.05) is 12.1 Å². The summed E-state index contributed by atoms with van der Waals surface area (Å²) in [5, 5.41) is 10.1. The van der Waals surface area contributed by atoms with Crippen LogP contribution in [0.1, 0.15) is 18.5 Å². The number of aromatic amines is 1. The first-order valence-corrected chi connectivity index (χ1v) is 5.19. The zero-order valence-corrected chi connectivity index (χ0v) is 9.29. The standard InChI is InChI=1S/C12H14FN3/c1-8(14-2)11-7-15-16-12(11)9-4-3-5-10(13)6-9/h3-8,14H,1-2H3,(H,15,16). The molecule has 84 valence electrons. The number of halogens is 1. The quantitative estimate of drug-likeness (QED) is 0.832. The van der Waals surface area contributed by atoms with Crippen LogP contribution in [0.4, 0.5) is 4.39 Å². The summed E-state index contributed by atoms with van der Waals surface area (Å²) < 4.78 is 13.1. The average Bonchev–Trinajstić information content (AvgIpc) is 2.77. The van der Waals surface area contributed by atoms with Crippen LogP contribution < -0.4 is 5.32 Å². The van der Waals surface area contributed by atoms with Gasteiger partial charge in [-0.3, -0.25) is 5.10 Å². The fourth-order valence-electron chi connectivity index (χ4n) is 1.65. The Bertz CT molecular complexity index is 479. The zero-order valence-electron chi connectivity index (χ0n) is 9.29. The summed E-state index contributed by atoms with van der Waals surface area (Å²) in [6.45, 7) is 2.04. The molecule has 1 aromatic carbocycles. The predicted octanol–water partition coefficient (Wildman–Crippen LogP) is 2.50. The van der Waals surface area contributed by atoms with E-state index in [4.69, 9.17) is 0 Å². The van der Waals surface area contributed by atoms with Crippen molar-refractivity contribution in [3.63, 3.8) is 0 Å². The smallest absolute Gasteiger partial charge is 0.123 e. The van der Waals surface area contributed by atoms with Crippen LogP contribution in [-0.2, 0) is 0 Å². The third kappa shape index (κ3) is 1.97. The summed E-state index contributed by atoms with van der Waals surface area (Å²) in [7, 11) is 1.88. The van der Waals surface area contributed by atoms with Crippen molar-refractivity contribution >= 4 is 0 Å². The lowest BCUT2D eigenvalue weighted by atomic mass is 10.0. The number of nitrogens with one attached hydrogen (secondary N) is 2. The lowest BCUT2D eigenvalue weighted by Crippen LogP contribution is -2.12. The van der Waals surface area contributed by atoms with Crippen molar-refractivity contribution in [1.82, 2.24) is 15.5 Å². The molecule has 4 heteroatoms. The molecule has 2 aromatic rings. The van der Waals surface area contributed by atoms with Gasteiger partial charge in [0.1, 0.15) is 5.82 Å². The Hall–Kier alpha value is -1.68. The first-order valence-electron chi connectivity index (χ1n) is 5.19. The molecule has 0 saturated heterocycles. The Kier molecular flexibility index (Phi) is 3.01. The monoisotopic (exact) mass is 219 g/mol. The summed E-state index contributed by atoms with van der Waals surface area (Å²) in [6, 6.07) is 6.67. The normalized spacial score (nSPS) is 12.7. The number of rotatable bonds is 3. The molecule has 0 radical (unpaired) electrons. The minimum absolute atomic E-state index is 0.178. The van der Waals surface area contributed by atoms with Gasteiger partial charge in [-0.05, 0) is 26.1 Å². The molecule has 1 unspecified atom stereocenters. The highest BCUT2D eigenvalue weighted by Crippen LogP contribution is 2.25. The van der Waals surface area contributed by atoms with E-state index in [0.29, 0.717) is 0 Å². The maximum Gasteiger partial charge on any atom is 0.123 e. The Morgan fingerprint density at radius 3 is 2.94 bits per heavy atom. The molecule has 16 heavy (non-hydrogen) atoms. The van der Waals surface area contributed by atoms with Crippen molar-refractivity contribution in [2.24, 2.45) is 0 Å². The molecule has 0 saturated carbocycles. The van der Waals surface area contributed by atoms with Gasteiger partial charge in [0.15, 0.2) is 0 Å². The minimum Gasteiger partial charge on any atom is -0.313 e. The second-order valence-electron chi connectivity index (χ2n) is 3.72. The van der Waals surface area contributed by atoms with Crippen molar-refractivity contribution in [3.8, 4) is 11.3 Å². The van der Waals surface area contributed by atoms with Gasteiger partial charge in [0.2, 0.25) is 0 Å². The van der Waals surface area contributed by atoms with E-state index in [0.717, 1.165) is 16.8 Å². The summed E-state index contributed by atoms with van der Waals surface area (Å²) in [5.74, 6) is -0.241. The van der Waals surface area contributed by atoms with E-state index in [1.54, 1.807) is 12.3 Å². The number of aromatic nitrogens is 2. The maximum atomic E-state index is 13.1. The van der Waals surface area contributed by atoms with Crippen molar-refractivity contribution in [2.75, 3.05) is 7.05 Å². The number of hydrogen-bond donors (Lipinski definition) is 2. The van der Waals surface area contributed by atoms with Crippen molar-refractivity contribution < 1.29 is 4.39 Å². The number of hydrogen-bond acceptors (Lipinski definition) is 2. The number of H-pyrrole nitrogens is 1. The fourth-order valence-corrected chi connectivity index (χ4v) is 1.65. The van der Waals surface area contributed by atoms with E-state index in [1.807, 2.05) is 20.0 Å². The van der Waals surface area contributed by atoms with Gasteiger partial charge in [-0.15, -0.1) is 0 Å². The Balaban J connectivity index is 2.44. The fraction of sp³-hybridized carbons (Fsp3) is 0.250. The molecule has 0 amide bonds. The molecule has 2 N–H and O–H groups in total. The van der Waals surface area contributed by atoms with E-state index >= 15 is 0 Å². The van der Waals surface area contributed by atoms with E-state index in [2.05, 4.69) is 15.5 Å². The van der Waals surface area contributed by atoms with E-state index < -0.39 is 0 Å². The summed E-state index contributed by atoms with van der Waals surface area (Å²) in [6.07, 6.45) is 1.77. The summed E-state index contributed by atoms with van der Waals surface area (Å²) in [4.78, 5) is 0. The second-order valence-corrected chi connectivity index (χ2v) is 3.72. The topological polar surface area (TPSA) is 40.7 Å². The molecule has 0 aliphatic rings. The summed E-state index contributed by atoms with van der Waals surface area (Å²) in [5.41, 5.74) is 2.71. The Morgan fingerprint density at radius 1 is 1.44 bits per heavy atom. The van der Waals surface area contributed by atoms with E-state index in [9.17, 15) is 4.39 Å². The van der Waals surface area contributed by atoms with Gasteiger partial charge in [0, 0.05) is 17.2 Å². The van der Waals surface area contributed by atoms with Gasteiger partial charge >= 0.3 is 0 Å². The van der Waals surface area contributed by atoms with Crippen molar-refractivity contribution in [1.29, 1.82) is 0 Å². The van der Waals surface area contributed by atoms with Crippen LogP contribution in [0, 0.1) is 5.82 Å². The molecule has 0 aliphatic heterocycles. The number of nitrogens with zero attached hydrogens (tertiary/aromatic N) is 1. The lowest BCUT2D eigenvalue weighted by Gasteiger charge is -2.10. The highest BCUT2D eigenvalue weighted by Gasteiger charge is 2.12. The third-order valence-electron chi connectivity index (χ3n) is 2.68. The third-order valence-corrected chi connectivity index (χ3v) is 2.68. The van der Waals surface area contributed by atoms with Gasteiger partial charge in [-0.2, -0.15) is 5.10 Å². The molecule has 0 aliphatic carbocycles. The van der Waals surface area contributed by atoms with Crippen LogP contribution in [0.5, 0.6) is 0 Å². The molecular formula is C12H14FN3. The van der Waals surface area contributed by atoms with Gasteiger partial charge in [0.05, 0.1) is 11.9 Å². The van der Waals surface area contributed by atoms with Crippen LogP contribution in [0.2, 0.25) is 0 Å². The first-order chi connectivity index (χ1) is 7.72. The van der Waals surface area contributed by atoms with E-state index in [1.165, 1.54) is 12.1 Å². The van der Waals surface area contributed by atoms with Crippen molar-refractivity contribution in [2.45, 2.75) is 13.0 Å². The highest BCUT2D eigenvalue weighted by atomic mass is 19.1. The molecule has 1 atom stereocenters. The zero-order chi connectivity index (χ0) is 11.5. The molecule has 3 nitrogen and oxygen atoms in total. The predicted molar refractivity (Wildman–Crippen MR) is 61.5 cm³/mol. The molecular weight excluding hydrogens is 205 g/mol. The van der Waals surface area contributed by atoms with Crippen LogP contribution in [0.15, 0.2) is 30.5 Å². The lowest BCUT2D eigenvalue weighted by molar-refractivity contribution is 0.628. The van der Waals surface area contributed by atoms with Gasteiger partial charge in [0.25, 0.3) is 0 Å².